The Balaban J connectivity index is 4.47. The van der Waals surface area contributed by atoms with Crippen molar-refractivity contribution in [3.63, 3.8) is 0 Å². The van der Waals surface area contributed by atoms with Gasteiger partial charge in [-0.3, -0.25) is 4.79 Å². The van der Waals surface area contributed by atoms with E-state index >= 15 is 0 Å². The molecule has 0 aliphatic carbocycles. The summed E-state index contributed by atoms with van der Waals surface area (Å²) in [5.74, 6) is -0.904. The molecule has 0 aromatic rings. The summed E-state index contributed by atoms with van der Waals surface area (Å²) in [4.78, 5) is 24.7. The summed E-state index contributed by atoms with van der Waals surface area (Å²) in [6, 6.07) is -0.159. The van der Waals surface area contributed by atoms with Gasteiger partial charge in [-0.2, -0.15) is 0 Å². The molecule has 0 unspecified atom stereocenters. The van der Waals surface area contributed by atoms with Crippen LogP contribution in [-0.4, -0.2) is 40.6 Å². The second-order valence-electron chi connectivity index (χ2n) is 5.58. The monoisotopic (exact) mass is 272 g/mol. The topological polar surface area (TPSA) is 69.6 Å². The number of nitrogens with one attached hydrogen (secondary N) is 1. The molecule has 0 radical (unpaired) electrons. The Labute approximate surface area is 116 Å². The van der Waals surface area contributed by atoms with Gasteiger partial charge in [0.2, 0.25) is 0 Å². The van der Waals surface area contributed by atoms with Gasteiger partial charge in [-0.05, 0) is 26.7 Å². The Kier molecular flexibility index (Phi) is 8.19. The quantitative estimate of drug-likeness (QED) is 0.678. The molecule has 0 aliphatic rings. The lowest BCUT2D eigenvalue weighted by Gasteiger charge is -2.30. The number of carbonyl (C=O) groups is 2. The van der Waals surface area contributed by atoms with E-state index in [4.69, 9.17) is 5.11 Å². The van der Waals surface area contributed by atoms with Crippen LogP contribution in [0.2, 0.25) is 0 Å². The van der Waals surface area contributed by atoms with Crippen molar-refractivity contribution in [1.29, 1.82) is 0 Å². The highest BCUT2D eigenvalue weighted by Crippen LogP contribution is 2.10. The van der Waals surface area contributed by atoms with E-state index in [0.717, 1.165) is 38.8 Å². The number of urea groups is 1. The van der Waals surface area contributed by atoms with Crippen molar-refractivity contribution in [1.82, 2.24) is 10.2 Å². The van der Waals surface area contributed by atoms with E-state index in [1.165, 1.54) is 0 Å². The molecule has 0 saturated carbocycles. The number of nitrogens with zero attached hydrogens (tertiary/aromatic N) is 1. The third kappa shape index (κ3) is 8.46. The number of carboxylic acid groups (broad SMARTS) is 1. The number of rotatable bonds is 9. The zero-order valence-corrected chi connectivity index (χ0v) is 12.7. The van der Waals surface area contributed by atoms with Crippen molar-refractivity contribution < 1.29 is 14.7 Å². The van der Waals surface area contributed by atoms with Gasteiger partial charge in [-0.25, -0.2) is 4.79 Å². The van der Waals surface area contributed by atoms with Crippen LogP contribution >= 0.6 is 0 Å². The first-order chi connectivity index (χ1) is 8.82. The summed E-state index contributed by atoms with van der Waals surface area (Å²) in [5, 5.41) is 11.6. The molecule has 0 atom stereocenters. The van der Waals surface area contributed by atoms with E-state index in [-0.39, 0.29) is 12.5 Å². The van der Waals surface area contributed by atoms with E-state index in [9.17, 15) is 9.59 Å². The Morgan fingerprint density at radius 2 is 1.58 bits per heavy atom. The molecular formula is C14H28N2O3. The zero-order valence-electron chi connectivity index (χ0n) is 12.7. The summed E-state index contributed by atoms with van der Waals surface area (Å²) in [5.41, 5.74) is -0.723. The summed E-state index contributed by atoms with van der Waals surface area (Å²) >= 11 is 0. The largest absolute Gasteiger partial charge is 0.481 e. The highest BCUT2D eigenvalue weighted by Gasteiger charge is 2.26. The minimum atomic E-state index is -0.904. The number of unbranched alkanes of at least 4 members (excludes halogenated alkanes) is 2. The molecule has 0 heterocycles. The SMILES string of the molecule is CCCCN(CCCC)C(=O)NC(C)(C)CC(=O)O. The summed E-state index contributed by atoms with van der Waals surface area (Å²) in [6.45, 7) is 9.10. The van der Waals surface area contributed by atoms with Crippen LogP contribution in [0.1, 0.15) is 59.8 Å². The Morgan fingerprint density at radius 1 is 1.11 bits per heavy atom. The number of hydrogen-bond donors (Lipinski definition) is 2. The normalized spacial score (nSPS) is 11.2. The first-order valence-electron chi connectivity index (χ1n) is 7.11. The lowest BCUT2D eigenvalue weighted by Crippen LogP contribution is -2.51. The summed E-state index contributed by atoms with van der Waals surface area (Å²) in [7, 11) is 0. The first kappa shape index (κ1) is 17.7. The van der Waals surface area contributed by atoms with Crippen LogP contribution in [0.15, 0.2) is 0 Å². The van der Waals surface area contributed by atoms with Crippen molar-refractivity contribution >= 4 is 12.0 Å². The molecule has 0 aromatic carbocycles. The summed E-state index contributed by atoms with van der Waals surface area (Å²) in [6.07, 6.45) is 3.93. The predicted octanol–water partition coefficient (Wildman–Crippen LogP) is 2.85. The number of carboxylic acids is 1. The van der Waals surface area contributed by atoms with Gasteiger partial charge in [0, 0.05) is 18.6 Å². The fraction of sp³-hybridized carbons (Fsp3) is 0.857. The van der Waals surface area contributed by atoms with Crippen LogP contribution in [0.3, 0.4) is 0 Å². The third-order valence-electron chi connectivity index (χ3n) is 2.89. The van der Waals surface area contributed by atoms with Crippen LogP contribution in [0.25, 0.3) is 0 Å². The maximum Gasteiger partial charge on any atom is 0.317 e. The van der Waals surface area contributed by atoms with E-state index in [2.05, 4.69) is 19.2 Å². The molecule has 0 saturated heterocycles. The van der Waals surface area contributed by atoms with Gasteiger partial charge in [0.25, 0.3) is 0 Å². The number of amides is 2. The molecule has 0 rings (SSSR count). The van der Waals surface area contributed by atoms with E-state index in [0.29, 0.717) is 0 Å². The van der Waals surface area contributed by atoms with Gasteiger partial charge in [-0.1, -0.05) is 26.7 Å². The highest BCUT2D eigenvalue weighted by atomic mass is 16.4. The van der Waals surface area contributed by atoms with Gasteiger partial charge in [0.05, 0.1) is 6.42 Å². The van der Waals surface area contributed by atoms with Crippen LogP contribution in [0.5, 0.6) is 0 Å². The van der Waals surface area contributed by atoms with Crippen LogP contribution in [0, 0.1) is 0 Å². The molecule has 0 fully saturated rings. The average molecular weight is 272 g/mol. The minimum Gasteiger partial charge on any atom is -0.481 e. The van der Waals surface area contributed by atoms with Gasteiger partial charge in [0.1, 0.15) is 0 Å². The molecule has 0 spiro atoms. The lowest BCUT2D eigenvalue weighted by atomic mass is 10.0. The smallest absolute Gasteiger partial charge is 0.317 e. The molecule has 0 aliphatic heterocycles. The number of hydrogen-bond acceptors (Lipinski definition) is 2. The van der Waals surface area contributed by atoms with Crippen LogP contribution < -0.4 is 5.32 Å². The Bertz CT molecular complexity index is 282. The maximum atomic E-state index is 12.2. The van der Waals surface area contributed by atoms with Crippen molar-refractivity contribution in [2.45, 2.75) is 65.3 Å². The molecular weight excluding hydrogens is 244 g/mol. The van der Waals surface area contributed by atoms with Crippen molar-refractivity contribution in [2.75, 3.05) is 13.1 Å². The molecule has 19 heavy (non-hydrogen) atoms. The molecule has 2 amide bonds. The number of aliphatic carboxylic acids is 1. The van der Waals surface area contributed by atoms with Gasteiger partial charge < -0.3 is 15.3 Å². The van der Waals surface area contributed by atoms with E-state index in [1.807, 2.05) is 0 Å². The van der Waals surface area contributed by atoms with E-state index < -0.39 is 11.5 Å². The predicted molar refractivity (Wildman–Crippen MR) is 76.3 cm³/mol. The van der Waals surface area contributed by atoms with Gasteiger partial charge in [0.15, 0.2) is 0 Å². The fourth-order valence-corrected chi connectivity index (χ4v) is 1.80. The van der Waals surface area contributed by atoms with Crippen LogP contribution in [0.4, 0.5) is 4.79 Å². The molecule has 0 bridgehead atoms. The average Bonchev–Trinajstić information content (AvgIpc) is 2.26. The van der Waals surface area contributed by atoms with Crippen molar-refractivity contribution in [2.24, 2.45) is 0 Å². The fourth-order valence-electron chi connectivity index (χ4n) is 1.80. The Morgan fingerprint density at radius 3 is 1.95 bits per heavy atom. The lowest BCUT2D eigenvalue weighted by molar-refractivity contribution is -0.138. The zero-order chi connectivity index (χ0) is 14.9. The summed E-state index contributed by atoms with van der Waals surface area (Å²) < 4.78 is 0. The number of carbonyl (C=O) groups excluding carboxylic acids is 1. The van der Waals surface area contributed by atoms with Crippen molar-refractivity contribution in [3.05, 3.63) is 0 Å². The van der Waals surface area contributed by atoms with Gasteiger partial charge in [-0.15, -0.1) is 0 Å². The molecule has 5 nitrogen and oxygen atoms in total. The first-order valence-corrected chi connectivity index (χ1v) is 7.11. The molecule has 5 heteroatoms. The van der Waals surface area contributed by atoms with E-state index in [1.54, 1.807) is 18.7 Å². The third-order valence-corrected chi connectivity index (χ3v) is 2.89. The van der Waals surface area contributed by atoms with Crippen LogP contribution in [-0.2, 0) is 4.79 Å². The van der Waals surface area contributed by atoms with Crippen molar-refractivity contribution in [3.8, 4) is 0 Å². The second kappa shape index (κ2) is 8.77. The molecule has 0 aromatic heterocycles. The molecule has 112 valence electrons. The minimum absolute atomic E-state index is 0.0753. The standard InChI is InChI=1S/C14H28N2O3/c1-5-7-9-16(10-8-6-2)13(19)15-14(3,4)11-12(17)18/h5-11H2,1-4H3,(H,15,19)(H,17,18). The molecule has 2 N–H and O–H groups in total. The highest BCUT2D eigenvalue weighted by molar-refractivity contribution is 5.76. The Hall–Kier alpha value is -1.26. The second-order valence-corrected chi connectivity index (χ2v) is 5.58. The van der Waals surface area contributed by atoms with Gasteiger partial charge >= 0.3 is 12.0 Å². The maximum absolute atomic E-state index is 12.2.